The van der Waals surface area contributed by atoms with Crippen molar-refractivity contribution in [2.45, 2.75) is 77.8 Å². The van der Waals surface area contributed by atoms with Gasteiger partial charge in [-0.15, -0.1) is 0 Å². The predicted octanol–water partition coefficient (Wildman–Crippen LogP) is 4.31. The average molecular weight is 310 g/mol. The van der Waals surface area contributed by atoms with Crippen molar-refractivity contribution < 1.29 is 9.59 Å². The zero-order valence-electron chi connectivity index (χ0n) is 14.8. The highest BCUT2D eigenvalue weighted by molar-refractivity contribution is 5.60. The van der Waals surface area contributed by atoms with Crippen molar-refractivity contribution in [3.63, 3.8) is 0 Å². The molecule has 0 bridgehead atoms. The normalized spacial score (nSPS) is 24.6. The summed E-state index contributed by atoms with van der Waals surface area (Å²) in [6.45, 7) is 7.55. The number of unbranched alkanes of at least 4 members (excludes halogenated alkanes) is 7. The third-order valence-electron chi connectivity index (χ3n) is 5.10. The molecule has 0 fully saturated rings. The molecule has 128 valence electrons. The number of allylic oxidation sites excluding steroid dienone is 2. The summed E-state index contributed by atoms with van der Waals surface area (Å²) in [5.74, 6) is 0. The van der Waals surface area contributed by atoms with Crippen LogP contribution in [0.25, 0.3) is 0 Å². The van der Waals surface area contributed by atoms with E-state index in [0.717, 1.165) is 24.1 Å². The number of aliphatic hydroxyl groups is 1. The molecule has 1 rings (SSSR count). The third-order valence-corrected chi connectivity index (χ3v) is 5.10. The summed E-state index contributed by atoms with van der Waals surface area (Å²) in [5.41, 5.74) is 0. The Bertz CT molecular complexity index is 327. The lowest BCUT2D eigenvalue weighted by atomic mass is 10.1. The fourth-order valence-corrected chi connectivity index (χ4v) is 3.52. The zero-order valence-corrected chi connectivity index (χ0v) is 14.8. The molecular weight excluding hydrogens is 272 g/mol. The van der Waals surface area contributed by atoms with E-state index < -0.39 is 0 Å². The van der Waals surface area contributed by atoms with Crippen molar-refractivity contribution in [1.82, 2.24) is 0 Å². The van der Waals surface area contributed by atoms with Crippen molar-refractivity contribution in [2.24, 2.45) is 4.99 Å². The monoisotopic (exact) mass is 309 g/mol. The first-order chi connectivity index (χ1) is 10.8. The molecule has 1 aliphatic rings. The van der Waals surface area contributed by atoms with Gasteiger partial charge in [0.15, 0.2) is 6.17 Å². The van der Waals surface area contributed by atoms with Crippen molar-refractivity contribution in [2.75, 3.05) is 26.2 Å². The Morgan fingerprint density at radius 3 is 2.45 bits per heavy atom. The van der Waals surface area contributed by atoms with Crippen LogP contribution in [0.2, 0.25) is 0 Å². The highest BCUT2D eigenvalue weighted by Gasteiger charge is 2.36. The van der Waals surface area contributed by atoms with E-state index in [1.165, 1.54) is 57.8 Å². The van der Waals surface area contributed by atoms with Gasteiger partial charge in [-0.25, -0.2) is 4.99 Å². The number of quaternary nitrogens is 1. The fraction of sp³-hybridized carbons (Fsp3) is 0.842. The Labute approximate surface area is 137 Å². The van der Waals surface area contributed by atoms with Crippen molar-refractivity contribution >= 4 is 6.21 Å². The van der Waals surface area contributed by atoms with E-state index in [4.69, 9.17) is 0 Å². The molecule has 2 unspecified atom stereocenters. The molecule has 3 heteroatoms. The van der Waals surface area contributed by atoms with Crippen molar-refractivity contribution in [1.29, 1.82) is 0 Å². The van der Waals surface area contributed by atoms with Gasteiger partial charge in [0, 0.05) is 6.42 Å². The van der Waals surface area contributed by atoms with E-state index in [1.807, 2.05) is 0 Å². The molecule has 0 saturated heterocycles. The second-order valence-electron chi connectivity index (χ2n) is 6.60. The smallest absolute Gasteiger partial charge is 0.182 e. The van der Waals surface area contributed by atoms with Crippen LogP contribution < -0.4 is 0 Å². The number of rotatable bonds is 13. The van der Waals surface area contributed by atoms with Crippen LogP contribution in [0.5, 0.6) is 0 Å². The maximum atomic E-state index is 9.31. The molecule has 0 saturated carbocycles. The third kappa shape index (κ3) is 6.62. The summed E-state index contributed by atoms with van der Waals surface area (Å²) in [6.07, 6.45) is 18.8. The highest BCUT2D eigenvalue weighted by atomic mass is 16.3. The molecule has 3 nitrogen and oxygen atoms in total. The predicted molar refractivity (Wildman–Crippen MR) is 96.3 cm³/mol. The van der Waals surface area contributed by atoms with Crippen LogP contribution in [0.15, 0.2) is 17.1 Å². The second-order valence-corrected chi connectivity index (χ2v) is 6.60. The molecule has 0 aromatic heterocycles. The summed E-state index contributed by atoms with van der Waals surface area (Å²) in [4.78, 5) is 4.68. The lowest BCUT2D eigenvalue weighted by molar-refractivity contribution is -0.936. The van der Waals surface area contributed by atoms with Gasteiger partial charge in [-0.2, -0.15) is 0 Å². The average Bonchev–Trinajstić information content (AvgIpc) is 2.93. The highest BCUT2D eigenvalue weighted by Crippen LogP contribution is 2.24. The van der Waals surface area contributed by atoms with Gasteiger partial charge < -0.3 is 5.11 Å². The zero-order chi connectivity index (χ0) is 16.1. The van der Waals surface area contributed by atoms with E-state index in [-0.39, 0.29) is 6.61 Å². The maximum Gasteiger partial charge on any atom is 0.182 e. The van der Waals surface area contributed by atoms with E-state index in [1.54, 1.807) is 0 Å². The molecule has 2 atom stereocenters. The number of likely N-dealkylation sites (N-methyl/N-ethyl adjacent to an activating group) is 1. The summed E-state index contributed by atoms with van der Waals surface area (Å²) in [5, 5.41) is 9.31. The molecule has 0 aliphatic carbocycles. The van der Waals surface area contributed by atoms with Gasteiger partial charge in [0.05, 0.1) is 19.4 Å². The van der Waals surface area contributed by atoms with E-state index in [2.05, 4.69) is 37.2 Å². The molecular formula is C19H37N2O+. The van der Waals surface area contributed by atoms with Gasteiger partial charge in [-0.05, 0) is 33.1 Å². The van der Waals surface area contributed by atoms with Gasteiger partial charge in [0.25, 0.3) is 0 Å². The van der Waals surface area contributed by atoms with Crippen LogP contribution in [-0.2, 0) is 0 Å². The van der Waals surface area contributed by atoms with Crippen LogP contribution >= 0.6 is 0 Å². The number of aliphatic imine (C=N–C) groups is 1. The summed E-state index contributed by atoms with van der Waals surface area (Å²) >= 11 is 0. The molecule has 1 aliphatic heterocycles. The molecule has 0 aromatic carbocycles. The fourth-order valence-electron chi connectivity index (χ4n) is 3.52. The van der Waals surface area contributed by atoms with Gasteiger partial charge in [0.2, 0.25) is 0 Å². The number of hydrogen-bond acceptors (Lipinski definition) is 2. The Morgan fingerprint density at radius 1 is 1.14 bits per heavy atom. The number of hydrogen-bond donors (Lipinski definition) is 1. The quantitative estimate of drug-likeness (QED) is 0.307. The number of aliphatic hydroxyl groups excluding tert-OH is 1. The standard InChI is InChI=1S/C19H37N2O/c1-3-5-6-7-8-9-10-11-12-13-14-19-20-15-16-21(19,4-2)17-18-22/h3,5,15,19,22H,4,6-14,16-18H2,1-2H3/q+1/b5-3+. The van der Waals surface area contributed by atoms with Gasteiger partial charge in [-0.1, -0.05) is 44.3 Å². The van der Waals surface area contributed by atoms with Crippen LogP contribution in [0.1, 0.15) is 71.6 Å². The number of nitrogens with zero attached hydrogens (tertiary/aromatic N) is 2. The molecule has 0 spiro atoms. The second kappa shape index (κ2) is 11.8. The van der Waals surface area contributed by atoms with E-state index >= 15 is 0 Å². The van der Waals surface area contributed by atoms with Crippen molar-refractivity contribution in [3.8, 4) is 0 Å². The minimum absolute atomic E-state index is 0.279. The minimum atomic E-state index is 0.279. The van der Waals surface area contributed by atoms with Crippen molar-refractivity contribution in [3.05, 3.63) is 12.2 Å². The first-order valence-corrected chi connectivity index (χ1v) is 9.38. The van der Waals surface area contributed by atoms with Crippen LogP contribution in [0, 0.1) is 0 Å². The molecule has 1 heterocycles. The maximum absolute atomic E-state index is 9.31. The van der Waals surface area contributed by atoms with Crippen LogP contribution in [0.4, 0.5) is 0 Å². The molecule has 22 heavy (non-hydrogen) atoms. The molecule has 1 N–H and O–H groups in total. The van der Waals surface area contributed by atoms with E-state index in [9.17, 15) is 5.11 Å². The Hall–Kier alpha value is -0.670. The van der Waals surface area contributed by atoms with Gasteiger partial charge in [-0.3, -0.25) is 4.48 Å². The minimum Gasteiger partial charge on any atom is -0.391 e. The SMILES string of the molecule is C/C=C/CCCCCCCCCC1N=CC[N+]1(CC)CCO. The Kier molecular flexibility index (Phi) is 10.4. The summed E-state index contributed by atoms with van der Waals surface area (Å²) in [6, 6.07) is 0. The van der Waals surface area contributed by atoms with Gasteiger partial charge >= 0.3 is 0 Å². The lowest BCUT2D eigenvalue weighted by Gasteiger charge is -2.37. The summed E-state index contributed by atoms with van der Waals surface area (Å²) in [7, 11) is 0. The molecule has 0 radical (unpaired) electrons. The van der Waals surface area contributed by atoms with Crippen LogP contribution in [0.3, 0.4) is 0 Å². The van der Waals surface area contributed by atoms with Crippen LogP contribution in [-0.4, -0.2) is 48.2 Å². The summed E-state index contributed by atoms with van der Waals surface area (Å²) < 4.78 is 0.974. The topological polar surface area (TPSA) is 32.6 Å². The Balaban J connectivity index is 2.05. The first kappa shape index (κ1) is 19.4. The molecule has 0 aromatic rings. The lowest BCUT2D eigenvalue weighted by Crippen LogP contribution is -2.53. The first-order valence-electron chi connectivity index (χ1n) is 9.38. The molecule has 0 amide bonds. The van der Waals surface area contributed by atoms with Gasteiger partial charge in [0.1, 0.15) is 13.1 Å². The Morgan fingerprint density at radius 2 is 1.82 bits per heavy atom. The largest absolute Gasteiger partial charge is 0.391 e. The van der Waals surface area contributed by atoms with E-state index in [0.29, 0.717) is 6.17 Å².